The quantitative estimate of drug-likeness (QED) is 0.769. The number of ether oxygens (including phenoxy) is 2. The third kappa shape index (κ3) is 3.64. The number of fused-ring (bicyclic) bond motifs is 1. The minimum absolute atomic E-state index is 0.0126. The SMILES string of the molecule is C#CCO[C@H]1C2OCC(C=C)=C[C@H]2C[C@H]1/C=C/c1ccccc1. The van der Waals surface area contributed by atoms with Gasteiger partial charge in [0, 0.05) is 11.8 Å². The van der Waals surface area contributed by atoms with E-state index in [1.165, 1.54) is 5.56 Å². The van der Waals surface area contributed by atoms with Crippen molar-refractivity contribution in [3.8, 4) is 12.3 Å². The van der Waals surface area contributed by atoms with Crippen LogP contribution in [-0.4, -0.2) is 25.4 Å². The lowest BCUT2D eigenvalue weighted by atomic mass is 9.98. The molecule has 1 unspecified atom stereocenters. The van der Waals surface area contributed by atoms with Crippen LogP contribution in [0.1, 0.15) is 12.0 Å². The van der Waals surface area contributed by atoms with Crippen molar-refractivity contribution in [2.24, 2.45) is 11.8 Å². The van der Waals surface area contributed by atoms with Gasteiger partial charge in [0.15, 0.2) is 0 Å². The minimum Gasteiger partial charge on any atom is -0.370 e. The molecule has 1 heterocycles. The normalized spacial score (nSPS) is 29.8. The summed E-state index contributed by atoms with van der Waals surface area (Å²) in [5, 5.41) is 0. The van der Waals surface area contributed by atoms with Crippen molar-refractivity contribution in [2.45, 2.75) is 18.6 Å². The molecule has 2 nitrogen and oxygen atoms in total. The van der Waals surface area contributed by atoms with Gasteiger partial charge in [-0.15, -0.1) is 6.42 Å². The zero-order valence-electron chi connectivity index (χ0n) is 13.2. The van der Waals surface area contributed by atoms with Crippen molar-refractivity contribution >= 4 is 6.08 Å². The Labute approximate surface area is 138 Å². The van der Waals surface area contributed by atoms with E-state index in [2.05, 4.69) is 42.9 Å². The Hall–Kier alpha value is -2.08. The van der Waals surface area contributed by atoms with E-state index in [9.17, 15) is 0 Å². The summed E-state index contributed by atoms with van der Waals surface area (Å²) in [6, 6.07) is 10.3. The van der Waals surface area contributed by atoms with E-state index in [4.69, 9.17) is 15.9 Å². The number of hydrogen-bond acceptors (Lipinski definition) is 2. The molecule has 0 N–H and O–H groups in total. The van der Waals surface area contributed by atoms with Gasteiger partial charge in [0.25, 0.3) is 0 Å². The molecule has 1 aliphatic carbocycles. The van der Waals surface area contributed by atoms with E-state index in [0.717, 1.165) is 12.0 Å². The minimum atomic E-state index is 0.0126. The molecule has 23 heavy (non-hydrogen) atoms. The molecule has 2 aliphatic rings. The predicted molar refractivity (Wildman–Crippen MR) is 93.7 cm³/mol. The second-order valence-electron chi connectivity index (χ2n) is 6.03. The van der Waals surface area contributed by atoms with Gasteiger partial charge in [-0.1, -0.05) is 67.1 Å². The average molecular weight is 306 g/mol. The van der Waals surface area contributed by atoms with Crippen LogP contribution in [0.3, 0.4) is 0 Å². The average Bonchev–Trinajstić information content (AvgIpc) is 2.95. The Morgan fingerprint density at radius 1 is 1.35 bits per heavy atom. The van der Waals surface area contributed by atoms with E-state index >= 15 is 0 Å². The van der Waals surface area contributed by atoms with Gasteiger partial charge < -0.3 is 9.47 Å². The van der Waals surface area contributed by atoms with Crippen LogP contribution in [0.15, 0.2) is 60.7 Å². The fraction of sp³-hybridized carbons (Fsp3) is 0.333. The summed E-state index contributed by atoms with van der Waals surface area (Å²) >= 11 is 0. The van der Waals surface area contributed by atoms with Gasteiger partial charge in [0.05, 0.1) is 18.8 Å². The fourth-order valence-electron chi connectivity index (χ4n) is 3.44. The first kappa shape index (κ1) is 15.8. The van der Waals surface area contributed by atoms with E-state index in [1.807, 2.05) is 24.3 Å². The van der Waals surface area contributed by atoms with E-state index in [0.29, 0.717) is 25.0 Å². The van der Waals surface area contributed by atoms with Gasteiger partial charge in [-0.25, -0.2) is 0 Å². The number of rotatable bonds is 5. The lowest BCUT2D eigenvalue weighted by molar-refractivity contribution is -0.0636. The van der Waals surface area contributed by atoms with Crippen LogP contribution in [0.5, 0.6) is 0 Å². The summed E-state index contributed by atoms with van der Waals surface area (Å²) in [6.07, 6.45) is 15.0. The fourth-order valence-corrected chi connectivity index (χ4v) is 3.44. The van der Waals surface area contributed by atoms with Crippen molar-refractivity contribution < 1.29 is 9.47 Å². The molecule has 0 spiro atoms. The van der Waals surface area contributed by atoms with Crippen molar-refractivity contribution in [3.63, 3.8) is 0 Å². The van der Waals surface area contributed by atoms with Gasteiger partial charge in [0.1, 0.15) is 6.61 Å². The van der Waals surface area contributed by atoms with Crippen LogP contribution in [-0.2, 0) is 9.47 Å². The van der Waals surface area contributed by atoms with Gasteiger partial charge in [-0.2, -0.15) is 0 Å². The lowest BCUT2D eigenvalue weighted by Gasteiger charge is -2.28. The van der Waals surface area contributed by atoms with Crippen molar-refractivity contribution in [1.29, 1.82) is 0 Å². The Kier molecular flexibility index (Phi) is 5.12. The molecule has 1 aromatic rings. The highest BCUT2D eigenvalue weighted by Gasteiger charge is 2.44. The van der Waals surface area contributed by atoms with Crippen LogP contribution in [0.4, 0.5) is 0 Å². The molecule has 2 heteroatoms. The molecular weight excluding hydrogens is 284 g/mol. The molecule has 1 saturated carbocycles. The molecule has 4 atom stereocenters. The first-order valence-corrected chi connectivity index (χ1v) is 8.05. The first-order valence-electron chi connectivity index (χ1n) is 8.05. The van der Waals surface area contributed by atoms with Crippen LogP contribution >= 0.6 is 0 Å². The molecule has 1 aromatic carbocycles. The van der Waals surface area contributed by atoms with E-state index in [-0.39, 0.29) is 12.2 Å². The molecule has 0 radical (unpaired) electrons. The monoisotopic (exact) mass is 306 g/mol. The van der Waals surface area contributed by atoms with Crippen molar-refractivity contribution in [2.75, 3.05) is 13.2 Å². The summed E-state index contributed by atoms with van der Waals surface area (Å²) in [5.74, 6) is 3.24. The molecule has 0 bridgehead atoms. The highest BCUT2D eigenvalue weighted by Crippen LogP contribution is 2.40. The van der Waals surface area contributed by atoms with Crippen molar-refractivity contribution in [1.82, 2.24) is 0 Å². The predicted octanol–water partition coefficient (Wildman–Crippen LogP) is 3.87. The number of hydrogen-bond donors (Lipinski definition) is 0. The maximum atomic E-state index is 6.03. The topological polar surface area (TPSA) is 18.5 Å². The third-order valence-electron chi connectivity index (χ3n) is 4.54. The molecule has 0 aromatic heterocycles. The highest BCUT2D eigenvalue weighted by atomic mass is 16.5. The first-order chi connectivity index (χ1) is 11.3. The summed E-state index contributed by atoms with van der Waals surface area (Å²) in [4.78, 5) is 0. The van der Waals surface area contributed by atoms with Crippen LogP contribution in [0.25, 0.3) is 6.08 Å². The second kappa shape index (κ2) is 7.46. The molecule has 1 fully saturated rings. The molecule has 0 saturated heterocycles. The van der Waals surface area contributed by atoms with Gasteiger partial charge in [0.2, 0.25) is 0 Å². The van der Waals surface area contributed by atoms with Crippen LogP contribution < -0.4 is 0 Å². The second-order valence-corrected chi connectivity index (χ2v) is 6.03. The van der Waals surface area contributed by atoms with Gasteiger partial charge in [-0.05, 0) is 17.6 Å². The molecule has 118 valence electrons. The van der Waals surface area contributed by atoms with Crippen LogP contribution in [0.2, 0.25) is 0 Å². The lowest BCUT2D eigenvalue weighted by Crippen LogP contribution is -2.35. The summed E-state index contributed by atoms with van der Waals surface area (Å²) in [5.41, 5.74) is 2.36. The smallest absolute Gasteiger partial charge is 0.107 e. The van der Waals surface area contributed by atoms with Gasteiger partial charge >= 0.3 is 0 Å². The van der Waals surface area contributed by atoms with Crippen LogP contribution in [0, 0.1) is 24.2 Å². The molecular formula is C21H22O2. The summed E-state index contributed by atoms with van der Waals surface area (Å²) < 4.78 is 12.0. The maximum absolute atomic E-state index is 6.03. The standard InChI is InChI=1S/C21H22O2/c1-3-12-22-20-18(11-10-17-8-6-5-7-9-17)14-19-13-16(4-2)15-23-21(19)20/h1,4-11,13,18-21H,2,12,14-15H2/b11-10+/t18-,19+,20-,21?/m1/s1. The van der Waals surface area contributed by atoms with Gasteiger partial charge in [-0.3, -0.25) is 0 Å². The summed E-state index contributed by atoms with van der Waals surface area (Å²) in [7, 11) is 0. The summed E-state index contributed by atoms with van der Waals surface area (Å²) in [6.45, 7) is 4.77. The Morgan fingerprint density at radius 3 is 2.91 bits per heavy atom. The number of terminal acetylenes is 1. The maximum Gasteiger partial charge on any atom is 0.107 e. The van der Waals surface area contributed by atoms with E-state index < -0.39 is 0 Å². The molecule has 0 amide bonds. The Morgan fingerprint density at radius 2 is 2.17 bits per heavy atom. The Bertz CT molecular complexity index is 636. The van der Waals surface area contributed by atoms with E-state index in [1.54, 1.807) is 0 Å². The highest BCUT2D eigenvalue weighted by molar-refractivity contribution is 5.49. The number of benzene rings is 1. The molecule has 1 aliphatic heterocycles. The Balaban J connectivity index is 1.78. The third-order valence-corrected chi connectivity index (χ3v) is 4.54. The largest absolute Gasteiger partial charge is 0.370 e. The zero-order chi connectivity index (χ0) is 16.1. The molecule has 3 rings (SSSR count). The zero-order valence-corrected chi connectivity index (χ0v) is 13.2. The van der Waals surface area contributed by atoms with Crippen molar-refractivity contribution in [3.05, 3.63) is 66.3 Å².